The number of nitrogens with one attached hydrogen (secondary N) is 1. The van der Waals surface area contributed by atoms with Gasteiger partial charge in [0.2, 0.25) is 5.91 Å². The lowest BCUT2D eigenvalue weighted by Crippen LogP contribution is -2.16. The van der Waals surface area contributed by atoms with E-state index in [-0.39, 0.29) is 12.5 Å². The van der Waals surface area contributed by atoms with Gasteiger partial charge in [0, 0.05) is 10.6 Å². The summed E-state index contributed by atoms with van der Waals surface area (Å²) in [5, 5.41) is 3.35. The second-order valence-corrected chi connectivity index (χ2v) is 6.87. The van der Waals surface area contributed by atoms with Crippen molar-refractivity contribution in [1.29, 1.82) is 0 Å². The smallest absolute Gasteiger partial charge is 0.341 e. The molecule has 6 heteroatoms. The Morgan fingerprint density at radius 1 is 1.33 bits per heavy atom. The first-order valence-corrected chi connectivity index (χ1v) is 9.47. The Balaban J connectivity index is 2.23. The number of hydrogen-bond donors (Lipinski definition) is 1. The zero-order chi connectivity index (χ0) is 17.4. The van der Waals surface area contributed by atoms with E-state index in [4.69, 9.17) is 4.74 Å². The Kier molecular flexibility index (Phi) is 7.08. The van der Waals surface area contributed by atoms with Crippen molar-refractivity contribution < 1.29 is 14.3 Å². The number of esters is 1. The predicted molar refractivity (Wildman–Crippen MR) is 102 cm³/mol. The molecule has 2 rings (SSSR count). The molecule has 0 spiro atoms. The van der Waals surface area contributed by atoms with E-state index in [0.29, 0.717) is 22.1 Å². The van der Waals surface area contributed by atoms with Crippen LogP contribution in [0.1, 0.15) is 17.3 Å². The van der Waals surface area contributed by atoms with Crippen LogP contribution in [0.4, 0.5) is 5.00 Å². The fourth-order valence-corrected chi connectivity index (χ4v) is 3.60. The van der Waals surface area contributed by atoms with Crippen molar-refractivity contribution in [3.63, 3.8) is 0 Å². The summed E-state index contributed by atoms with van der Waals surface area (Å²) < 4.78 is 5.10. The lowest BCUT2D eigenvalue weighted by molar-refractivity contribution is -0.113. The van der Waals surface area contributed by atoms with Gasteiger partial charge in [-0.2, -0.15) is 0 Å². The summed E-state index contributed by atoms with van der Waals surface area (Å²) in [5.74, 6) is 0.448. The molecule has 126 valence electrons. The van der Waals surface area contributed by atoms with Gasteiger partial charge in [-0.1, -0.05) is 36.4 Å². The first kappa shape index (κ1) is 18.3. The number of thioether (sulfide) groups is 1. The van der Waals surface area contributed by atoms with E-state index in [9.17, 15) is 9.59 Å². The molecule has 1 heterocycles. The highest BCUT2D eigenvalue weighted by atomic mass is 32.2. The van der Waals surface area contributed by atoms with Crippen molar-refractivity contribution in [2.45, 2.75) is 6.92 Å². The van der Waals surface area contributed by atoms with E-state index in [0.717, 1.165) is 10.4 Å². The Hall–Kier alpha value is -2.05. The van der Waals surface area contributed by atoms with Crippen molar-refractivity contribution >= 4 is 40.0 Å². The highest BCUT2D eigenvalue weighted by Gasteiger charge is 2.19. The molecule has 1 amide bonds. The van der Waals surface area contributed by atoms with E-state index in [1.165, 1.54) is 23.1 Å². The zero-order valence-electron chi connectivity index (χ0n) is 13.4. The molecule has 1 aromatic carbocycles. The number of ether oxygens (including phenoxy) is 1. The molecular formula is C18H19NO3S2. The normalized spacial score (nSPS) is 10.2. The van der Waals surface area contributed by atoms with Crippen LogP contribution in [0, 0.1) is 0 Å². The Labute approximate surface area is 149 Å². The number of carbonyl (C=O) groups excluding carboxylic acids is 2. The van der Waals surface area contributed by atoms with Crippen LogP contribution in [-0.4, -0.2) is 30.0 Å². The number of amides is 1. The van der Waals surface area contributed by atoms with Crippen LogP contribution in [-0.2, 0) is 9.53 Å². The van der Waals surface area contributed by atoms with E-state index in [2.05, 4.69) is 11.9 Å². The van der Waals surface area contributed by atoms with Gasteiger partial charge in [0.1, 0.15) is 5.00 Å². The van der Waals surface area contributed by atoms with Gasteiger partial charge in [0.05, 0.1) is 17.9 Å². The average molecular weight is 361 g/mol. The fourth-order valence-electron chi connectivity index (χ4n) is 1.99. The molecule has 0 saturated carbocycles. The number of carbonyl (C=O) groups is 2. The van der Waals surface area contributed by atoms with Gasteiger partial charge in [0.15, 0.2) is 0 Å². The van der Waals surface area contributed by atoms with E-state index < -0.39 is 5.97 Å². The predicted octanol–water partition coefficient (Wildman–Crippen LogP) is 4.45. The van der Waals surface area contributed by atoms with E-state index >= 15 is 0 Å². The minimum atomic E-state index is -0.426. The lowest BCUT2D eigenvalue weighted by Gasteiger charge is -2.05. The Morgan fingerprint density at radius 3 is 2.75 bits per heavy atom. The van der Waals surface area contributed by atoms with Crippen molar-refractivity contribution in [3.05, 3.63) is 54.6 Å². The third kappa shape index (κ3) is 4.97. The van der Waals surface area contributed by atoms with Crippen LogP contribution in [0.5, 0.6) is 0 Å². The van der Waals surface area contributed by atoms with Gasteiger partial charge in [0.25, 0.3) is 0 Å². The molecule has 0 atom stereocenters. The molecule has 0 aliphatic heterocycles. The molecule has 1 aromatic heterocycles. The van der Waals surface area contributed by atoms with Gasteiger partial charge in [-0.25, -0.2) is 4.79 Å². The van der Waals surface area contributed by atoms with Crippen LogP contribution >= 0.6 is 23.1 Å². The number of hydrogen-bond acceptors (Lipinski definition) is 5. The Morgan fingerprint density at radius 2 is 2.08 bits per heavy atom. The maximum atomic E-state index is 12.2. The van der Waals surface area contributed by atoms with Crippen LogP contribution in [0.25, 0.3) is 10.4 Å². The van der Waals surface area contributed by atoms with Crippen LogP contribution in [0.3, 0.4) is 0 Å². The maximum absolute atomic E-state index is 12.2. The van der Waals surface area contributed by atoms with Gasteiger partial charge in [-0.15, -0.1) is 29.7 Å². The van der Waals surface area contributed by atoms with E-state index in [1.54, 1.807) is 19.1 Å². The zero-order valence-corrected chi connectivity index (χ0v) is 15.0. The van der Waals surface area contributed by atoms with Gasteiger partial charge in [-0.05, 0) is 18.6 Å². The van der Waals surface area contributed by atoms with Crippen molar-refractivity contribution in [2.24, 2.45) is 0 Å². The molecule has 0 aliphatic rings. The standard InChI is InChI=1S/C18H19NO3S2/c1-3-10-23-12-16(20)19-17-14(18(21)22-4-2)11-15(24-17)13-8-6-5-7-9-13/h3,5-9,11H,1,4,10,12H2,2H3,(H,19,20). The average Bonchev–Trinajstić information content (AvgIpc) is 3.00. The molecule has 0 aliphatic carbocycles. The van der Waals surface area contributed by atoms with Crippen molar-refractivity contribution in [2.75, 3.05) is 23.4 Å². The minimum Gasteiger partial charge on any atom is -0.462 e. The molecule has 1 N–H and O–H groups in total. The second kappa shape index (κ2) is 9.30. The summed E-state index contributed by atoms with van der Waals surface area (Å²) in [7, 11) is 0. The highest BCUT2D eigenvalue weighted by molar-refractivity contribution is 8.00. The summed E-state index contributed by atoms with van der Waals surface area (Å²) >= 11 is 2.84. The van der Waals surface area contributed by atoms with Gasteiger partial charge >= 0.3 is 5.97 Å². The molecule has 0 fully saturated rings. The summed E-state index contributed by atoms with van der Waals surface area (Å²) in [4.78, 5) is 25.1. The van der Waals surface area contributed by atoms with Crippen molar-refractivity contribution in [3.8, 4) is 10.4 Å². The first-order valence-electron chi connectivity index (χ1n) is 7.50. The second-order valence-electron chi connectivity index (χ2n) is 4.79. The Bertz CT molecular complexity index is 710. The van der Waals surface area contributed by atoms with Gasteiger partial charge < -0.3 is 10.1 Å². The largest absolute Gasteiger partial charge is 0.462 e. The molecular weight excluding hydrogens is 342 g/mol. The molecule has 24 heavy (non-hydrogen) atoms. The third-order valence-corrected chi connectivity index (χ3v) is 5.04. The maximum Gasteiger partial charge on any atom is 0.341 e. The van der Waals surface area contributed by atoms with Crippen LogP contribution in [0.2, 0.25) is 0 Å². The number of anilines is 1. The third-order valence-electron chi connectivity index (χ3n) is 3.01. The molecule has 0 unspecified atom stereocenters. The first-order chi connectivity index (χ1) is 11.7. The minimum absolute atomic E-state index is 0.145. The summed E-state index contributed by atoms with van der Waals surface area (Å²) in [5.41, 5.74) is 1.39. The molecule has 0 radical (unpaired) electrons. The van der Waals surface area contributed by atoms with Crippen LogP contribution in [0.15, 0.2) is 49.1 Å². The van der Waals surface area contributed by atoms with Gasteiger partial charge in [-0.3, -0.25) is 4.79 Å². The molecule has 4 nitrogen and oxygen atoms in total. The summed E-state index contributed by atoms with van der Waals surface area (Å²) in [6.45, 7) is 5.67. The fraction of sp³-hybridized carbons (Fsp3) is 0.222. The number of benzene rings is 1. The molecule has 0 bridgehead atoms. The summed E-state index contributed by atoms with van der Waals surface area (Å²) in [6.07, 6.45) is 1.75. The van der Waals surface area contributed by atoms with Crippen molar-refractivity contribution in [1.82, 2.24) is 0 Å². The topological polar surface area (TPSA) is 55.4 Å². The summed E-state index contributed by atoms with van der Waals surface area (Å²) in [6, 6.07) is 11.5. The highest BCUT2D eigenvalue weighted by Crippen LogP contribution is 2.36. The molecule has 2 aromatic rings. The van der Waals surface area contributed by atoms with Crippen LogP contribution < -0.4 is 5.32 Å². The lowest BCUT2D eigenvalue weighted by atomic mass is 10.1. The number of thiophene rings is 1. The number of rotatable bonds is 8. The SMILES string of the molecule is C=CCSCC(=O)Nc1sc(-c2ccccc2)cc1C(=O)OCC. The van der Waals surface area contributed by atoms with E-state index in [1.807, 2.05) is 30.3 Å². The monoisotopic (exact) mass is 361 g/mol. The quantitative estimate of drug-likeness (QED) is 0.429. The molecule has 0 saturated heterocycles.